The topological polar surface area (TPSA) is 65.2 Å². The van der Waals surface area contributed by atoms with Crippen molar-refractivity contribution in [2.75, 3.05) is 6.54 Å². The number of Topliss-reactive ketones (excluding diaryl/α,β-unsaturated/α-hetero) is 1. The Morgan fingerprint density at radius 3 is 2.78 bits per heavy atom. The van der Waals surface area contributed by atoms with Gasteiger partial charge in [-0.15, -0.1) is 11.3 Å². The molecule has 8 heteroatoms. The second kappa shape index (κ2) is 4.94. The monoisotopic (exact) mass is 280 g/mol. The Bertz CT molecular complexity index is 447. The van der Waals surface area contributed by atoms with E-state index in [-0.39, 0.29) is 11.0 Å². The van der Waals surface area contributed by atoms with Gasteiger partial charge < -0.3 is 10.5 Å². The maximum Gasteiger partial charge on any atom is 0.443 e. The third kappa shape index (κ3) is 2.70. The first-order valence-electron chi connectivity index (χ1n) is 5.34. The van der Waals surface area contributed by atoms with Gasteiger partial charge in [0, 0.05) is 12.7 Å². The molecule has 1 aliphatic heterocycles. The van der Waals surface area contributed by atoms with Gasteiger partial charge in [0.15, 0.2) is 5.01 Å². The third-order valence-electron chi connectivity index (χ3n) is 2.65. The lowest BCUT2D eigenvalue weighted by atomic mass is 10.1. The molecule has 0 radical (unpaired) electrons. The van der Waals surface area contributed by atoms with Crippen LogP contribution in [-0.4, -0.2) is 29.5 Å². The van der Waals surface area contributed by atoms with Crippen LogP contribution >= 0.6 is 11.3 Å². The van der Waals surface area contributed by atoms with E-state index in [0.717, 1.165) is 6.20 Å². The standard InChI is InChI=1S/C10H11F3N2O2S/c11-10(12,13)9-15-4-7(18-9)8(16)6-2-1-5(3-14)17-6/h4-6H,1-3,14H2. The van der Waals surface area contributed by atoms with Crippen LogP contribution in [-0.2, 0) is 10.9 Å². The normalized spacial score (nSPS) is 24.4. The Balaban J connectivity index is 2.08. The highest BCUT2D eigenvalue weighted by Gasteiger charge is 2.37. The molecule has 1 saturated heterocycles. The molecule has 2 atom stereocenters. The molecule has 1 fully saturated rings. The molecule has 0 aliphatic carbocycles. The molecule has 0 aromatic carbocycles. The fraction of sp³-hybridized carbons (Fsp3) is 0.600. The molecule has 1 aromatic rings. The molecule has 1 aliphatic rings. The highest BCUT2D eigenvalue weighted by atomic mass is 32.1. The maximum atomic E-state index is 12.3. The lowest BCUT2D eigenvalue weighted by Gasteiger charge is -2.09. The fourth-order valence-corrected chi connectivity index (χ4v) is 2.52. The summed E-state index contributed by atoms with van der Waals surface area (Å²) in [6, 6.07) is 0. The van der Waals surface area contributed by atoms with Crippen molar-refractivity contribution in [3.8, 4) is 0 Å². The van der Waals surface area contributed by atoms with E-state index in [1.54, 1.807) is 0 Å². The lowest BCUT2D eigenvalue weighted by molar-refractivity contribution is -0.137. The Morgan fingerprint density at radius 1 is 1.56 bits per heavy atom. The second-order valence-corrected chi connectivity index (χ2v) is 4.98. The van der Waals surface area contributed by atoms with Crippen LogP contribution in [0.15, 0.2) is 6.20 Å². The van der Waals surface area contributed by atoms with E-state index in [4.69, 9.17) is 10.5 Å². The number of carbonyl (C=O) groups is 1. The molecule has 2 N–H and O–H groups in total. The number of alkyl halides is 3. The molecule has 0 spiro atoms. The van der Waals surface area contributed by atoms with Crippen molar-refractivity contribution < 1.29 is 22.7 Å². The number of carbonyl (C=O) groups excluding carboxylic acids is 1. The van der Waals surface area contributed by atoms with Gasteiger partial charge in [0.05, 0.1) is 11.0 Å². The average Bonchev–Trinajstić information content (AvgIpc) is 2.96. The highest BCUT2D eigenvalue weighted by molar-refractivity contribution is 7.13. The molecule has 100 valence electrons. The van der Waals surface area contributed by atoms with E-state index < -0.39 is 23.1 Å². The number of aromatic nitrogens is 1. The summed E-state index contributed by atoms with van der Waals surface area (Å²) in [7, 11) is 0. The van der Waals surface area contributed by atoms with Gasteiger partial charge >= 0.3 is 6.18 Å². The number of hydrogen-bond acceptors (Lipinski definition) is 5. The smallest absolute Gasteiger partial charge is 0.365 e. The summed E-state index contributed by atoms with van der Waals surface area (Å²) < 4.78 is 42.4. The Kier molecular flexibility index (Phi) is 3.69. The van der Waals surface area contributed by atoms with E-state index in [1.165, 1.54) is 0 Å². The van der Waals surface area contributed by atoms with E-state index in [1.807, 2.05) is 0 Å². The van der Waals surface area contributed by atoms with Crippen molar-refractivity contribution >= 4 is 17.1 Å². The Morgan fingerprint density at radius 2 is 2.28 bits per heavy atom. The number of nitrogens with zero attached hydrogens (tertiary/aromatic N) is 1. The zero-order valence-corrected chi connectivity index (χ0v) is 10.1. The van der Waals surface area contributed by atoms with Crippen molar-refractivity contribution in [3.05, 3.63) is 16.1 Å². The maximum absolute atomic E-state index is 12.3. The van der Waals surface area contributed by atoms with Crippen LogP contribution in [0.4, 0.5) is 13.2 Å². The number of thiazole rings is 1. The molecule has 0 amide bonds. The summed E-state index contributed by atoms with van der Waals surface area (Å²) >= 11 is 0.347. The predicted molar refractivity (Wildman–Crippen MR) is 58.4 cm³/mol. The Hall–Kier alpha value is -0.990. The minimum absolute atomic E-state index is 0.0232. The summed E-state index contributed by atoms with van der Waals surface area (Å²) in [6.07, 6.45) is -3.30. The SMILES string of the molecule is NCC1CCC(C(=O)c2cnc(C(F)(F)F)s2)O1. The molecular weight excluding hydrogens is 269 g/mol. The summed E-state index contributed by atoms with van der Waals surface area (Å²) in [5.74, 6) is -0.445. The largest absolute Gasteiger partial charge is 0.443 e. The summed E-state index contributed by atoms with van der Waals surface area (Å²) in [6.45, 7) is 0.306. The first-order chi connectivity index (χ1) is 8.41. The van der Waals surface area contributed by atoms with Crippen LogP contribution in [0.3, 0.4) is 0 Å². The van der Waals surface area contributed by atoms with Crippen molar-refractivity contribution in [3.63, 3.8) is 0 Å². The molecule has 1 aromatic heterocycles. The van der Waals surface area contributed by atoms with Gasteiger partial charge in [-0.25, -0.2) is 4.98 Å². The van der Waals surface area contributed by atoms with Gasteiger partial charge in [-0.2, -0.15) is 13.2 Å². The first-order valence-corrected chi connectivity index (χ1v) is 6.16. The fourth-order valence-electron chi connectivity index (χ4n) is 1.75. The first kappa shape index (κ1) is 13.4. The highest BCUT2D eigenvalue weighted by Crippen LogP contribution is 2.33. The Labute approximate surface area is 105 Å². The van der Waals surface area contributed by atoms with Gasteiger partial charge in [-0.3, -0.25) is 4.79 Å². The van der Waals surface area contributed by atoms with Crippen molar-refractivity contribution in [2.45, 2.75) is 31.2 Å². The lowest BCUT2D eigenvalue weighted by Crippen LogP contribution is -2.24. The van der Waals surface area contributed by atoms with E-state index in [0.29, 0.717) is 30.7 Å². The zero-order valence-electron chi connectivity index (χ0n) is 9.24. The van der Waals surface area contributed by atoms with Gasteiger partial charge in [-0.1, -0.05) is 0 Å². The van der Waals surface area contributed by atoms with E-state index in [2.05, 4.69) is 4.98 Å². The molecule has 0 saturated carbocycles. The van der Waals surface area contributed by atoms with Crippen LogP contribution in [0.2, 0.25) is 0 Å². The molecule has 0 bridgehead atoms. The number of ether oxygens (including phenoxy) is 1. The molecule has 18 heavy (non-hydrogen) atoms. The minimum atomic E-state index is -4.51. The van der Waals surface area contributed by atoms with Crippen LogP contribution in [0, 0.1) is 0 Å². The molecule has 4 nitrogen and oxygen atoms in total. The van der Waals surface area contributed by atoms with Crippen LogP contribution < -0.4 is 5.73 Å². The van der Waals surface area contributed by atoms with Gasteiger partial charge in [0.2, 0.25) is 5.78 Å². The number of ketones is 1. The number of rotatable bonds is 3. The van der Waals surface area contributed by atoms with Crippen LogP contribution in [0.25, 0.3) is 0 Å². The quantitative estimate of drug-likeness (QED) is 0.858. The van der Waals surface area contributed by atoms with Crippen molar-refractivity contribution in [1.29, 1.82) is 0 Å². The summed E-state index contributed by atoms with van der Waals surface area (Å²) in [4.78, 5) is 15.1. The zero-order chi connectivity index (χ0) is 13.3. The average molecular weight is 280 g/mol. The predicted octanol–water partition coefficient (Wildman–Crippen LogP) is 1.85. The van der Waals surface area contributed by atoms with E-state index >= 15 is 0 Å². The van der Waals surface area contributed by atoms with Crippen LogP contribution in [0.1, 0.15) is 27.5 Å². The van der Waals surface area contributed by atoms with E-state index in [9.17, 15) is 18.0 Å². The minimum Gasteiger partial charge on any atom is -0.365 e. The van der Waals surface area contributed by atoms with Crippen LogP contribution in [0.5, 0.6) is 0 Å². The van der Waals surface area contributed by atoms with Gasteiger partial charge in [0.1, 0.15) is 6.10 Å². The van der Waals surface area contributed by atoms with Gasteiger partial charge in [-0.05, 0) is 12.8 Å². The molecule has 2 heterocycles. The van der Waals surface area contributed by atoms with Gasteiger partial charge in [0.25, 0.3) is 0 Å². The van der Waals surface area contributed by atoms with Crippen molar-refractivity contribution in [2.24, 2.45) is 5.73 Å². The third-order valence-corrected chi connectivity index (χ3v) is 3.71. The summed E-state index contributed by atoms with van der Waals surface area (Å²) in [5.41, 5.74) is 5.40. The molecule has 2 rings (SSSR count). The molecular formula is C10H11F3N2O2S. The number of halogens is 3. The number of nitrogens with two attached hydrogens (primary N) is 1. The van der Waals surface area contributed by atoms with Crippen molar-refractivity contribution in [1.82, 2.24) is 4.98 Å². The second-order valence-electron chi connectivity index (χ2n) is 3.95. The summed E-state index contributed by atoms with van der Waals surface area (Å²) in [5, 5.41) is -1.01. The number of hydrogen-bond donors (Lipinski definition) is 1. The molecule has 2 unspecified atom stereocenters.